The van der Waals surface area contributed by atoms with Crippen LogP contribution in [0, 0.1) is 5.92 Å². The third kappa shape index (κ3) is 7.75. The number of hydrazone groups is 1. The fourth-order valence-electron chi connectivity index (χ4n) is 2.26. The second-order valence-electron chi connectivity index (χ2n) is 6.81. The van der Waals surface area contributed by atoms with Crippen molar-refractivity contribution in [1.29, 1.82) is 0 Å². The normalized spacial score (nSPS) is 11.6. The number of ether oxygens (including phenoxy) is 1. The molecule has 0 aliphatic heterocycles. The van der Waals surface area contributed by atoms with Gasteiger partial charge in [0, 0.05) is 5.02 Å². The van der Waals surface area contributed by atoms with Gasteiger partial charge in [-0.15, -0.1) is 0 Å². The van der Waals surface area contributed by atoms with Gasteiger partial charge in [0.1, 0.15) is 12.3 Å². The molecule has 0 fully saturated rings. The Kier molecular flexibility index (Phi) is 8.04. The summed E-state index contributed by atoms with van der Waals surface area (Å²) in [5.41, 5.74) is 3.44. The molecule has 1 amide bonds. The van der Waals surface area contributed by atoms with Gasteiger partial charge in [-0.3, -0.25) is 9.10 Å². The molecule has 0 atom stereocenters. The zero-order chi connectivity index (χ0) is 21.4. The fourth-order valence-corrected chi connectivity index (χ4v) is 3.25. The van der Waals surface area contributed by atoms with Crippen LogP contribution in [0.25, 0.3) is 0 Å². The molecule has 29 heavy (non-hydrogen) atoms. The molecule has 0 aliphatic carbocycles. The predicted octanol–water partition coefficient (Wildman–Crippen LogP) is 3.29. The van der Waals surface area contributed by atoms with Gasteiger partial charge in [-0.25, -0.2) is 13.8 Å². The number of amides is 1. The van der Waals surface area contributed by atoms with Crippen molar-refractivity contribution in [3.05, 3.63) is 59.1 Å². The van der Waals surface area contributed by atoms with Crippen molar-refractivity contribution in [3.8, 4) is 5.75 Å². The highest BCUT2D eigenvalue weighted by Gasteiger charge is 2.20. The Hall–Kier alpha value is -2.58. The highest BCUT2D eigenvalue weighted by molar-refractivity contribution is 7.92. The quantitative estimate of drug-likeness (QED) is 0.481. The van der Waals surface area contributed by atoms with Crippen molar-refractivity contribution in [1.82, 2.24) is 5.43 Å². The van der Waals surface area contributed by atoms with Crippen LogP contribution in [-0.2, 0) is 14.8 Å². The van der Waals surface area contributed by atoms with Crippen LogP contribution in [-0.4, -0.2) is 39.9 Å². The summed E-state index contributed by atoms with van der Waals surface area (Å²) in [4.78, 5) is 12.2. The van der Waals surface area contributed by atoms with Gasteiger partial charge in [0.2, 0.25) is 10.0 Å². The highest BCUT2D eigenvalue weighted by Crippen LogP contribution is 2.20. The van der Waals surface area contributed by atoms with E-state index in [2.05, 4.69) is 24.4 Å². The molecule has 0 saturated heterocycles. The van der Waals surface area contributed by atoms with Gasteiger partial charge < -0.3 is 4.74 Å². The minimum atomic E-state index is -3.66. The van der Waals surface area contributed by atoms with Crippen LogP contribution in [0.3, 0.4) is 0 Å². The number of sulfonamides is 1. The fraction of sp³-hybridized carbons (Fsp3) is 0.300. The molecule has 0 unspecified atom stereocenters. The number of hydrogen-bond donors (Lipinski definition) is 1. The minimum Gasteiger partial charge on any atom is -0.493 e. The van der Waals surface area contributed by atoms with Crippen molar-refractivity contribution in [2.45, 2.75) is 13.8 Å². The molecule has 0 aliphatic rings. The molecule has 0 heterocycles. The molecule has 0 saturated carbocycles. The Balaban J connectivity index is 1.95. The Labute approximate surface area is 176 Å². The number of carbonyl (C=O) groups excluding carboxylic acids is 1. The summed E-state index contributed by atoms with van der Waals surface area (Å²) >= 11 is 5.83. The first-order chi connectivity index (χ1) is 13.6. The van der Waals surface area contributed by atoms with Gasteiger partial charge in [-0.1, -0.05) is 25.4 Å². The number of nitrogens with one attached hydrogen (secondary N) is 1. The second kappa shape index (κ2) is 10.3. The molecule has 2 aromatic carbocycles. The molecule has 2 rings (SSSR count). The van der Waals surface area contributed by atoms with Gasteiger partial charge in [0.25, 0.3) is 5.91 Å². The number of rotatable bonds is 9. The lowest BCUT2D eigenvalue weighted by atomic mass is 10.2. The standard InChI is InChI=1S/C20H24ClN3O4S/c1-15(2)14-28-19-10-4-16(5-11-19)12-22-23-20(25)13-24(29(3,26)27)18-8-6-17(21)7-9-18/h4-12,15H,13-14H2,1-3H3,(H,23,25)/b22-12+. The Morgan fingerprint density at radius 1 is 1.17 bits per heavy atom. The van der Waals surface area contributed by atoms with Crippen LogP contribution in [0.2, 0.25) is 5.02 Å². The zero-order valence-corrected chi connectivity index (χ0v) is 18.1. The molecule has 156 valence electrons. The van der Waals surface area contributed by atoms with Crippen molar-refractivity contribution in [3.63, 3.8) is 0 Å². The second-order valence-corrected chi connectivity index (χ2v) is 9.16. The molecule has 2 aromatic rings. The number of benzene rings is 2. The average Bonchev–Trinajstić information content (AvgIpc) is 2.65. The Morgan fingerprint density at radius 2 is 1.79 bits per heavy atom. The van der Waals surface area contributed by atoms with E-state index in [-0.39, 0.29) is 0 Å². The maximum Gasteiger partial charge on any atom is 0.260 e. The monoisotopic (exact) mass is 437 g/mol. The molecule has 7 nitrogen and oxygen atoms in total. The molecule has 0 spiro atoms. The lowest BCUT2D eigenvalue weighted by Crippen LogP contribution is -2.38. The first kappa shape index (κ1) is 22.7. The van der Waals surface area contributed by atoms with E-state index in [1.165, 1.54) is 18.3 Å². The molecular weight excluding hydrogens is 414 g/mol. The third-order valence-electron chi connectivity index (χ3n) is 3.67. The third-order valence-corrected chi connectivity index (χ3v) is 5.06. The van der Waals surface area contributed by atoms with Crippen molar-refractivity contribution in [2.24, 2.45) is 11.0 Å². The maximum absolute atomic E-state index is 12.2. The molecule has 0 radical (unpaired) electrons. The minimum absolute atomic E-state index is 0.341. The summed E-state index contributed by atoms with van der Waals surface area (Å²) in [7, 11) is -3.66. The predicted molar refractivity (Wildman–Crippen MR) is 116 cm³/mol. The van der Waals surface area contributed by atoms with E-state index in [0.29, 0.717) is 23.2 Å². The van der Waals surface area contributed by atoms with E-state index >= 15 is 0 Å². The van der Waals surface area contributed by atoms with Crippen LogP contribution < -0.4 is 14.5 Å². The van der Waals surface area contributed by atoms with Crippen LogP contribution >= 0.6 is 11.6 Å². The van der Waals surface area contributed by atoms with E-state index in [0.717, 1.165) is 21.9 Å². The van der Waals surface area contributed by atoms with Gasteiger partial charge in [-0.2, -0.15) is 5.10 Å². The number of hydrogen-bond acceptors (Lipinski definition) is 5. The summed E-state index contributed by atoms with van der Waals surface area (Å²) in [6, 6.07) is 13.4. The molecule has 1 N–H and O–H groups in total. The van der Waals surface area contributed by atoms with E-state index in [4.69, 9.17) is 16.3 Å². The summed E-state index contributed by atoms with van der Waals surface area (Å²) in [6.45, 7) is 4.37. The number of nitrogens with zero attached hydrogens (tertiary/aromatic N) is 2. The Morgan fingerprint density at radius 3 is 2.34 bits per heavy atom. The largest absolute Gasteiger partial charge is 0.493 e. The van der Waals surface area contributed by atoms with Gasteiger partial charge >= 0.3 is 0 Å². The smallest absolute Gasteiger partial charge is 0.260 e. The number of carbonyl (C=O) groups is 1. The SMILES string of the molecule is CC(C)COc1ccc(/C=N/NC(=O)CN(c2ccc(Cl)cc2)S(C)(=O)=O)cc1. The van der Waals surface area contributed by atoms with Crippen LogP contribution in [0.1, 0.15) is 19.4 Å². The molecule has 0 bridgehead atoms. The van der Waals surface area contributed by atoms with E-state index in [9.17, 15) is 13.2 Å². The first-order valence-electron chi connectivity index (χ1n) is 8.93. The molecular formula is C20H24ClN3O4S. The van der Waals surface area contributed by atoms with Gasteiger partial charge in [0.05, 0.1) is 24.8 Å². The first-order valence-corrected chi connectivity index (χ1v) is 11.2. The van der Waals surface area contributed by atoms with Gasteiger partial charge in [-0.05, 0) is 60.0 Å². The lowest BCUT2D eigenvalue weighted by molar-refractivity contribution is -0.119. The van der Waals surface area contributed by atoms with Crippen molar-refractivity contribution < 1.29 is 17.9 Å². The van der Waals surface area contributed by atoms with Crippen molar-refractivity contribution in [2.75, 3.05) is 23.7 Å². The van der Waals surface area contributed by atoms with Crippen LogP contribution in [0.15, 0.2) is 53.6 Å². The number of anilines is 1. The number of halogens is 1. The van der Waals surface area contributed by atoms with Crippen molar-refractivity contribution >= 4 is 39.4 Å². The van der Waals surface area contributed by atoms with Gasteiger partial charge in [0.15, 0.2) is 0 Å². The highest BCUT2D eigenvalue weighted by atomic mass is 35.5. The summed E-state index contributed by atoms with van der Waals surface area (Å²) in [6.07, 6.45) is 2.50. The average molecular weight is 438 g/mol. The summed E-state index contributed by atoms with van der Waals surface area (Å²) in [5.74, 6) is 0.621. The van der Waals surface area contributed by atoms with Crippen LogP contribution in [0.4, 0.5) is 5.69 Å². The van der Waals surface area contributed by atoms with E-state index in [1.807, 2.05) is 24.3 Å². The summed E-state index contributed by atoms with van der Waals surface area (Å²) in [5, 5.41) is 4.35. The topological polar surface area (TPSA) is 88.1 Å². The van der Waals surface area contributed by atoms with E-state index < -0.39 is 22.5 Å². The molecule has 0 aromatic heterocycles. The Bertz CT molecular complexity index is 943. The summed E-state index contributed by atoms with van der Waals surface area (Å²) < 4.78 is 30.7. The van der Waals surface area contributed by atoms with Crippen LogP contribution in [0.5, 0.6) is 5.75 Å². The zero-order valence-electron chi connectivity index (χ0n) is 16.5. The lowest BCUT2D eigenvalue weighted by Gasteiger charge is -2.21. The van der Waals surface area contributed by atoms with E-state index in [1.54, 1.807) is 12.1 Å². The maximum atomic E-state index is 12.2. The molecule has 9 heteroatoms.